The molecule has 0 amide bonds. The van der Waals surface area contributed by atoms with Gasteiger partial charge in [0.15, 0.2) is 0 Å². The number of hydrogen-bond donors (Lipinski definition) is 0. The Morgan fingerprint density at radius 3 is 2.35 bits per heavy atom. The SMILES string of the molecule is CCc1cc2c(C)c(C)c(=O)oc2cc1OCc1ccc(C(C)C)cc1. The van der Waals surface area contributed by atoms with Crippen molar-refractivity contribution in [3.63, 3.8) is 0 Å². The zero-order valence-corrected chi connectivity index (χ0v) is 16.2. The molecule has 3 rings (SSSR count). The fourth-order valence-electron chi connectivity index (χ4n) is 3.09. The van der Waals surface area contributed by atoms with Crippen LogP contribution in [0, 0.1) is 13.8 Å². The van der Waals surface area contributed by atoms with Gasteiger partial charge in [0.25, 0.3) is 0 Å². The molecule has 0 atom stereocenters. The first-order chi connectivity index (χ1) is 12.4. The van der Waals surface area contributed by atoms with Crippen molar-refractivity contribution in [1.82, 2.24) is 0 Å². The van der Waals surface area contributed by atoms with E-state index in [1.165, 1.54) is 5.56 Å². The van der Waals surface area contributed by atoms with Crippen molar-refractivity contribution < 1.29 is 9.15 Å². The Morgan fingerprint density at radius 2 is 1.73 bits per heavy atom. The maximum Gasteiger partial charge on any atom is 0.339 e. The lowest BCUT2D eigenvalue weighted by Gasteiger charge is -2.14. The molecule has 0 fully saturated rings. The van der Waals surface area contributed by atoms with Crippen LogP contribution in [0.4, 0.5) is 0 Å². The minimum Gasteiger partial charge on any atom is -0.488 e. The van der Waals surface area contributed by atoms with Crippen molar-refractivity contribution in [3.8, 4) is 5.75 Å². The third-order valence-electron chi connectivity index (χ3n) is 5.06. The molecule has 0 spiro atoms. The number of aryl methyl sites for hydroxylation is 2. The fourth-order valence-corrected chi connectivity index (χ4v) is 3.09. The van der Waals surface area contributed by atoms with Gasteiger partial charge in [0.05, 0.1) is 0 Å². The molecule has 1 aromatic heterocycles. The fraction of sp³-hybridized carbons (Fsp3) is 0.348. The number of fused-ring (bicyclic) bond motifs is 1. The molecule has 0 aliphatic rings. The minimum absolute atomic E-state index is 0.283. The monoisotopic (exact) mass is 350 g/mol. The van der Waals surface area contributed by atoms with Crippen LogP contribution in [0.25, 0.3) is 11.0 Å². The van der Waals surface area contributed by atoms with Crippen LogP contribution in [0.3, 0.4) is 0 Å². The summed E-state index contributed by atoms with van der Waals surface area (Å²) in [6.45, 7) is 10.7. The number of ether oxygens (including phenoxy) is 1. The number of hydrogen-bond acceptors (Lipinski definition) is 3. The first-order valence-corrected chi connectivity index (χ1v) is 9.19. The Hall–Kier alpha value is -2.55. The Kier molecular flexibility index (Phi) is 5.17. The van der Waals surface area contributed by atoms with Gasteiger partial charge in [-0.3, -0.25) is 0 Å². The summed E-state index contributed by atoms with van der Waals surface area (Å²) in [6.07, 6.45) is 0.856. The van der Waals surface area contributed by atoms with Gasteiger partial charge in [-0.2, -0.15) is 0 Å². The molecule has 0 saturated carbocycles. The molecule has 1 heterocycles. The molecular weight excluding hydrogens is 324 g/mol. The Labute approximate surface area is 154 Å². The molecule has 0 saturated heterocycles. The van der Waals surface area contributed by atoms with E-state index < -0.39 is 0 Å². The van der Waals surface area contributed by atoms with Gasteiger partial charge in [-0.25, -0.2) is 4.79 Å². The topological polar surface area (TPSA) is 39.4 Å². The molecule has 3 aromatic rings. The molecule has 3 nitrogen and oxygen atoms in total. The van der Waals surface area contributed by atoms with E-state index in [4.69, 9.17) is 9.15 Å². The molecule has 0 radical (unpaired) electrons. The van der Waals surface area contributed by atoms with Crippen molar-refractivity contribution in [3.05, 3.63) is 74.6 Å². The quantitative estimate of drug-likeness (QED) is 0.556. The smallest absolute Gasteiger partial charge is 0.339 e. The van der Waals surface area contributed by atoms with Crippen molar-refractivity contribution in [2.24, 2.45) is 0 Å². The zero-order valence-electron chi connectivity index (χ0n) is 16.2. The normalized spacial score (nSPS) is 11.3. The second-order valence-electron chi connectivity index (χ2n) is 7.13. The highest BCUT2D eigenvalue weighted by Gasteiger charge is 2.12. The van der Waals surface area contributed by atoms with Crippen LogP contribution >= 0.6 is 0 Å². The van der Waals surface area contributed by atoms with Gasteiger partial charge in [0.2, 0.25) is 0 Å². The second kappa shape index (κ2) is 7.36. The van der Waals surface area contributed by atoms with Crippen LogP contribution in [-0.2, 0) is 13.0 Å². The van der Waals surface area contributed by atoms with Gasteiger partial charge >= 0.3 is 5.63 Å². The molecule has 0 bridgehead atoms. The third kappa shape index (κ3) is 3.52. The van der Waals surface area contributed by atoms with E-state index in [1.807, 2.05) is 13.0 Å². The predicted octanol–water partition coefficient (Wildman–Crippen LogP) is 5.67. The van der Waals surface area contributed by atoms with Crippen molar-refractivity contribution in [1.29, 1.82) is 0 Å². The highest BCUT2D eigenvalue weighted by atomic mass is 16.5. The first-order valence-electron chi connectivity index (χ1n) is 9.19. The molecule has 0 unspecified atom stereocenters. The summed E-state index contributed by atoms with van der Waals surface area (Å²) in [7, 11) is 0. The largest absolute Gasteiger partial charge is 0.488 e. The van der Waals surface area contributed by atoms with E-state index in [0.29, 0.717) is 23.7 Å². The lowest BCUT2D eigenvalue weighted by Crippen LogP contribution is -2.06. The summed E-state index contributed by atoms with van der Waals surface area (Å²) in [6, 6.07) is 12.4. The molecular formula is C23H26O3. The van der Waals surface area contributed by atoms with Gasteiger partial charge in [0, 0.05) is 17.0 Å². The lowest BCUT2D eigenvalue weighted by molar-refractivity contribution is 0.303. The maximum atomic E-state index is 12.0. The van der Waals surface area contributed by atoms with E-state index in [2.05, 4.69) is 51.1 Å². The van der Waals surface area contributed by atoms with E-state index >= 15 is 0 Å². The van der Waals surface area contributed by atoms with Crippen molar-refractivity contribution >= 4 is 11.0 Å². The van der Waals surface area contributed by atoms with Crippen molar-refractivity contribution in [2.75, 3.05) is 0 Å². The van der Waals surface area contributed by atoms with Gasteiger partial charge in [-0.15, -0.1) is 0 Å². The summed E-state index contributed by atoms with van der Waals surface area (Å²) in [5.41, 5.74) is 5.50. The van der Waals surface area contributed by atoms with E-state index in [-0.39, 0.29) is 5.63 Å². The Balaban J connectivity index is 1.91. The van der Waals surface area contributed by atoms with Crippen LogP contribution < -0.4 is 10.4 Å². The van der Waals surface area contributed by atoms with Crippen LogP contribution in [0.15, 0.2) is 45.6 Å². The highest BCUT2D eigenvalue weighted by Crippen LogP contribution is 2.29. The summed E-state index contributed by atoms with van der Waals surface area (Å²) < 4.78 is 11.5. The molecule has 26 heavy (non-hydrogen) atoms. The maximum absolute atomic E-state index is 12.0. The van der Waals surface area contributed by atoms with Crippen molar-refractivity contribution in [2.45, 2.75) is 53.6 Å². The van der Waals surface area contributed by atoms with Gasteiger partial charge in [-0.1, -0.05) is 45.0 Å². The Morgan fingerprint density at radius 1 is 1.04 bits per heavy atom. The summed E-state index contributed by atoms with van der Waals surface area (Å²) in [5, 5.41) is 0.979. The summed E-state index contributed by atoms with van der Waals surface area (Å²) in [5.74, 6) is 1.30. The second-order valence-corrected chi connectivity index (χ2v) is 7.13. The van der Waals surface area contributed by atoms with E-state index in [0.717, 1.165) is 34.2 Å². The van der Waals surface area contributed by atoms with Gasteiger partial charge in [-0.05, 0) is 54.5 Å². The minimum atomic E-state index is -0.283. The lowest BCUT2D eigenvalue weighted by atomic mass is 10.0. The van der Waals surface area contributed by atoms with Gasteiger partial charge in [0.1, 0.15) is 17.9 Å². The third-order valence-corrected chi connectivity index (χ3v) is 5.06. The average Bonchev–Trinajstić information content (AvgIpc) is 2.64. The summed E-state index contributed by atoms with van der Waals surface area (Å²) in [4.78, 5) is 12.0. The van der Waals surface area contributed by atoms with Gasteiger partial charge < -0.3 is 9.15 Å². The van der Waals surface area contributed by atoms with E-state index in [1.54, 1.807) is 6.92 Å². The standard InChI is InChI=1S/C23H26O3/c1-6-18-11-20-15(4)16(5)23(24)26-22(20)12-21(18)25-13-17-7-9-19(10-8-17)14(2)3/h7-12,14H,6,13H2,1-5H3. The molecule has 136 valence electrons. The molecule has 3 heteroatoms. The highest BCUT2D eigenvalue weighted by molar-refractivity contribution is 5.83. The molecule has 0 N–H and O–H groups in total. The molecule has 2 aromatic carbocycles. The molecule has 0 aliphatic heterocycles. The Bertz CT molecular complexity index is 979. The van der Waals surface area contributed by atoms with Crippen LogP contribution in [0.2, 0.25) is 0 Å². The van der Waals surface area contributed by atoms with Crippen LogP contribution in [-0.4, -0.2) is 0 Å². The van der Waals surface area contributed by atoms with Crippen LogP contribution in [0.5, 0.6) is 5.75 Å². The number of rotatable bonds is 5. The average molecular weight is 350 g/mol. The number of benzene rings is 2. The predicted molar refractivity (Wildman–Crippen MR) is 106 cm³/mol. The van der Waals surface area contributed by atoms with E-state index in [9.17, 15) is 4.79 Å². The first kappa shape index (κ1) is 18.2. The zero-order chi connectivity index (χ0) is 18.8. The summed E-state index contributed by atoms with van der Waals surface area (Å²) >= 11 is 0. The molecule has 0 aliphatic carbocycles. The van der Waals surface area contributed by atoms with Crippen LogP contribution in [0.1, 0.15) is 54.5 Å².